The highest BCUT2D eigenvalue weighted by molar-refractivity contribution is 7.96. The van der Waals surface area contributed by atoms with Crippen molar-refractivity contribution in [3.63, 3.8) is 0 Å². The summed E-state index contributed by atoms with van der Waals surface area (Å²) < 4.78 is 6.32. The fraction of sp³-hybridized carbons (Fsp3) is 1.00. The maximum absolute atomic E-state index is 3.56. The topological polar surface area (TPSA) is 36.8 Å². The average Bonchev–Trinajstić information content (AvgIpc) is 1.76. The van der Waals surface area contributed by atoms with Crippen LogP contribution in [0, 0.1) is 0 Å². The standard InChI is InChI=1S/CH3N3S/c1-2-4-5-3-1/h3H,1H2. The molecule has 1 rings (SSSR count). The van der Waals surface area contributed by atoms with Crippen LogP contribution in [0.25, 0.3) is 0 Å². The molecule has 28 valence electrons. The summed E-state index contributed by atoms with van der Waals surface area (Å²) >= 11 is 1.28. The number of hydrogen-bond acceptors (Lipinski definition) is 4. The highest BCUT2D eigenvalue weighted by Crippen LogP contribution is 2.00. The van der Waals surface area contributed by atoms with Crippen molar-refractivity contribution >= 4 is 12.1 Å². The first-order valence-corrected chi connectivity index (χ1v) is 2.03. The minimum absolute atomic E-state index is 0.671. The van der Waals surface area contributed by atoms with Crippen LogP contribution in [0.4, 0.5) is 0 Å². The van der Waals surface area contributed by atoms with Gasteiger partial charge in [-0.1, -0.05) is 0 Å². The van der Waals surface area contributed by atoms with E-state index in [4.69, 9.17) is 0 Å². The van der Waals surface area contributed by atoms with Gasteiger partial charge in [0.2, 0.25) is 0 Å². The Morgan fingerprint density at radius 2 is 2.80 bits per heavy atom. The van der Waals surface area contributed by atoms with Crippen molar-refractivity contribution in [2.45, 2.75) is 0 Å². The molecule has 0 aromatic rings. The van der Waals surface area contributed by atoms with Crippen LogP contribution in [0.1, 0.15) is 0 Å². The van der Waals surface area contributed by atoms with Crippen LogP contribution in [-0.4, -0.2) is 6.67 Å². The Balaban J connectivity index is 2.32. The van der Waals surface area contributed by atoms with Crippen molar-refractivity contribution in [2.75, 3.05) is 6.67 Å². The lowest BCUT2D eigenvalue weighted by atomic mass is 11.3. The second-order valence-electron chi connectivity index (χ2n) is 0.617. The number of nitrogens with one attached hydrogen (secondary N) is 1. The summed E-state index contributed by atoms with van der Waals surface area (Å²) in [5.74, 6) is 0. The second-order valence-corrected chi connectivity index (χ2v) is 1.25. The maximum atomic E-state index is 3.56. The Morgan fingerprint density at radius 3 is 3.00 bits per heavy atom. The van der Waals surface area contributed by atoms with Gasteiger partial charge >= 0.3 is 0 Å². The van der Waals surface area contributed by atoms with Gasteiger partial charge in [0.05, 0.1) is 12.1 Å². The summed E-state index contributed by atoms with van der Waals surface area (Å²) in [6.07, 6.45) is 0. The Labute approximate surface area is 34.1 Å². The minimum Gasteiger partial charge on any atom is -0.220 e. The third-order valence-corrected chi connectivity index (χ3v) is 0.754. The van der Waals surface area contributed by atoms with E-state index in [1.807, 2.05) is 0 Å². The van der Waals surface area contributed by atoms with Crippen molar-refractivity contribution in [1.82, 2.24) is 4.72 Å². The van der Waals surface area contributed by atoms with E-state index < -0.39 is 0 Å². The van der Waals surface area contributed by atoms with E-state index in [0.717, 1.165) is 0 Å². The maximum Gasteiger partial charge on any atom is 0.121 e. The normalized spacial score (nSPS) is 20.8. The molecule has 0 unspecified atom stereocenters. The zero-order valence-electron chi connectivity index (χ0n) is 2.51. The summed E-state index contributed by atoms with van der Waals surface area (Å²) in [6, 6.07) is 0. The smallest absolute Gasteiger partial charge is 0.121 e. The Hall–Kier alpha value is -0.0900. The Morgan fingerprint density at radius 1 is 1.80 bits per heavy atom. The molecule has 0 fully saturated rings. The molecule has 0 radical (unpaired) electrons. The van der Waals surface area contributed by atoms with E-state index >= 15 is 0 Å². The molecule has 5 heavy (non-hydrogen) atoms. The van der Waals surface area contributed by atoms with Gasteiger partial charge < -0.3 is 0 Å². The van der Waals surface area contributed by atoms with Crippen LogP contribution in [0.15, 0.2) is 9.63 Å². The zero-order chi connectivity index (χ0) is 3.54. The highest BCUT2D eigenvalue weighted by atomic mass is 32.2. The predicted octanol–water partition coefficient (Wildman–Crippen LogP) is 0.562. The minimum atomic E-state index is 0.671. The summed E-state index contributed by atoms with van der Waals surface area (Å²) in [5, 5.41) is 3.56. The van der Waals surface area contributed by atoms with Gasteiger partial charge in [0.15, 0.2) is 0 Å². The monoisotopic (exact) mass is 89.0 g/mol. The van der Waals surface area contributed by atoms with Gasteiger partial charge in [-0.25, -0.2) is 4.72 Å². The second kappa shape index (κ2) is 1.37. The first-order chi connectivity index (χ1) is 2.50. The lowest BCUT2D eigenvalue weighted by molar-refractivity contribution is 0.979. The van der Waals surface area contributed by atoms with Crippen LogP contribution >= 0.6 is 12.1 Å². The van der Waals surface area contributed by atoms with Crippen LogP contribution in [0.5, 0.6) is 0 Å². The third kappa shape index (κ3) is 0.592. The Bertz CT molecular complexity index is 44.9. The fourth-order valence-electron chi connectivity index (χ4n) is 0.144. The summed E-state index contributed by atoms with van der Waals surface area (Å²) in [5.41, 5.74) is 0. The summed E-state index contributed by atoms with van der Waals surface area (Å²) in [4.78, 5) is 0. The average molecular weight is 89.1 g/mol. The molecule has 0 bridgehead atoms. The molecule has 1 N–H and O–H groups in total. The molecular weight excluding hydrogens is 86.1 g/mol. The fourth-order valence-corrected chi connectivity index (χ4v) is 0.433. The van der Waals surface area contributed by atoms with E-state index in [2.05, 4.69) is 14.4 Å². The molecule has 0 aromatic heterocycles. The van der Waals surface area contributed by atoms with Crippen molar-refractivity contribution in [2.24, 2.45) is 9.63 Å². The molecule has 0 saturated heterocycles. The summed E-state index contributed by atoms with van der Waals surface area (Å²) in [6.45, 7) is 0.671. The zero-order valence-corrected chi connectivity index (χ0v) is 3.33. The molecule has 4 heteroatoms. The van der Waals surface area contributed by atoms with Gasteiger partial charge in [0.25, 0.3) is 0 Å². The van der Waals surface area contributed by atoms with Gasteiger partial charge in [0.1, 0.15) is 6.67 Å². The van der Waals surface area contributed by atoms with Gasteiger partial charge in [0, 0.05) is 0 Å². The largest absolute Gasteiger partial charge is 0.220 e. The van der Waals surface area contributed by atoms with Crippen LogP contribution in [-0.2, 0) is 0 Å². The van der Waals surface area contributed by atoms with Crippen LogP contribution in [0.3, 0.4) is 0 Å². The first kappa shape index (κ1) is 3.11. The molecule has 0 spiro atoms. The van der Waals surface area contributed by atoms with E-state index in [1.54, 1.807) is 0 Å². The molecule has 1 aliphatic rings. The molecule has 0 atom stereocenters. The van der Waals surface area contributed by atoms with E-state index in [0.29, 0.717) is 6.67 Å². The SMILES string of the molecule is C1N=NSN1. The predicted molar refractivity (Wildman–Crippen MR) is 20.4 cm³/mol. The first-order valence-electron chi connectivity index (χ1n) is 1.26. The number of hydrogen-bond donors (Lipinski definition) is 1. The lowest BCUT2D eigenvalue weighted by Gasteiger charge is -1.69. The van der Waals surface area contributed by atoms with Gasteiger partial charge in [-0.3, -0.25) is 0 Å². The van der Waals surface area contributed by atoms with Crippen LogP contribution < -0.4 is 4.72 Å². The highest BCUT2D eigenvalue weighted by Gasteiger charge is 1.85. The van der Waals surface area contributed by atoms with Crippen molar-refractivity contribution in [1.29, 1.82) is 0 Å². The van der Waals surface area contributed by atoms with Gasteiger partial charge in [-0.05, 0) is 0 Å². The quantitative estimate of drug-likeness (QED) is 0.440. The van der Waals surface area contributed by atoms with Crippen LogP contribution in [0.2, 0.25) is 0 Å². The molecule has 0 saturated carbocycles. The van der Waals surface area contributed by atoms with Gasteiger partial charge in [-0.15, -0.1) is 4.52 Å². The molecule has 1 heterocycles. The van der Waals surface area contributed by atoms with Crippen molar-refractivity contribution in [3.05, 3.63) is 0 Å². The van der Waals surface area contributed by atoms with E-state index in [1.165, 1.54) is 12.1 Å². The molecular formula is CH3N3S. The molecule has 1 aliphatic heterocycles. The molecule has 0 amide bonds. The number of rotatable bonds is 0. The van der Waals surface area contributed by atoms with Crippen molar-refractivity contribution in [3.8, 4) is 0 Å². The molecule has 0 aromatic carbocycles. The third-order valence-electron chi connectivity index (χ3n) is 0.298. The van der Waals surface area contributed by atoms with E-state index in [9.17, 15) is 0 Å². The van der Waals surface area contributed by atoms with Crippen molar-refractivity contribution < 1.29 is 0 Å². The lowest BCUT2D eigenvalue weighted by Crippen LogP contribution is -1.92. The summed E-state index contributed by atoms with van der Waals surface area (Å²) in [7, 11) is 0. The van der Waals surface area contributed by atoms with Gasteiger partial charge in [-0.2, -0.15) is 5.11 Å². The Kier molecular flexibility index (Phi) is 0.855. The number of nitrogens with zero attached hydrogens (tertiary/aromatic N) is 2. The molecule has 0 aliphatic carbocycles. The molecule has 3 nitrogen and oxygen atoms in total. The van der Waals surface area contributed by atoms with E-state index in [-0.39, 0.29) is 0 Å².